The van der Waals surface area contributed by atoms with Crippen molar-refractivity contribution in [3.63, 3.8) is 0 Å². The molecular weight excluding hydrogens is 306 g/mol. The lowest BCUT2D eigenvalue weighted by molar-refractivity contribution is 0.0958. The Morgan fingerprint density at radius 1 is 1.21 bits per heavy atom. The Kier molecular flexibility index (Phi) is 4.73. The molecule has 2 aromatic rings. The number of aromatic nitrogens is 1. The minimum Gasteiger partial charge on any atom is -0.447 e. The van der Waals surface area contributed by atoms with E-state index in [1.54, 1.807) is 29.4 Å². The highest BCUT2D eigenvalue weighted by molar-refractivity contribution is 5.94. The number of carbonyl (C=O) groups excluding carboxylic acids is 2. The van der Waals surface area contributed by atoms with E-state index in [4.69, 9.17) is 4.74 Å². The molecule has 1 N–H and O–H groups in total. The molecule has 1 fully saturated rings. The first-order chi connectivity index (χ1) is 11.7. The van der Waals surface area contributed by atoms with Crippen LogP contribution in [0.1, 0.15) is 15.9 Å². The number of cyclic esters (lactones) is 1. The molecule has 6 nitrogen and oxygen atoms in total. The van der Waals surface area contributed by atoms with E-state index < -0.39 is 0 Å². The number of nitrogens with zero attached hydrogens (tertiary/aromatic N) is 2. The van der Waals surface area contributed by atoms with Gasteiger partial charge in [-0.2, -0.15) is 0 Å². The smallest absolute Gasteiger partial charge is 0.414 e. The normalized spacial score (nSPS) is 13.0. The topological polar surface area (TPSA) is 71.5 Å². The molecular formula is C18H15N3O3. The van der Waals surface area contributed by atoms with Crippen LogP contribution in [0.25, 0.3) is 0 Å². The summed E-state index contributed by atoms with van der Waals surface area (Å²) in [5, 5.41) is 2.72. The van der Waals surface area contributed by atoms with Crippen LogP contribution in [0.3, 0.4) is 0 Å². The molecule has 0 aliphatic carbocycles. The standard InChI is InChI=1S/C18H15N3O3/c22-17(15-7-10-19-11-8-15)20-9-1-2-14-3-5-16(6-4-14)21-12-13-24-18(21)23/h3-8,10-11H,9,12-13H2,(H,20,22). The average molecular weight is 321 g/mol. The zero-order valence-electron chi connectivity index (χ0n) is 12.9. The Balaban J connectivity index is 1.54. The van der Waals surface area contributed by atoms with Gasteiger partial charge in [-0.25, -0.2) is 4.79 Å². The van der Waals surface area contributed by atoms with E-state index in [0.717, 1.165) is 11.3 Å². The summed E-state index contributed by atoms with van der Waals surface area (Å²) in [6.07, 6.45) is 2.81. The van der Waals surface area contributed by atoms with Gasteiger partial charge in [0.05, 0.1) is 13.1 Å². The Labute approximate surface area is 139 Å². The summed E-state index contributed by atoms with van der Waals surface area (Å²) in [6.45, 7) is 1.23. The van der Waals surface area contributed by atoms with E-state index in [9.17, 15) is 9.59 Å². The SMILES string of the molecule is O=C(NCC#Cc1ccc(N2CCOC2=O)cc1)c1ccncc1. The van der Waals surface area contributed by atoms with Gasteiger partial charge in [0.25, 0.3) is 5.91 Å². The lowest BCUT2D eigenvalue weighted by Gasteiger charge is -2.11. The zero-order chi connectivity index (χ0) is 16.8. The van der Waals surface area contributed by atoms with Crippen molar-refractivity contribution < 1.29 is 14.3 Å². The van der Waals surface area contributed by atoms with Gasteiger partial charge in [-0.3, -0.25) is 14.7 Å². The van der Waals surface area contributed by atoms with Crippen LogP contribution in [0, 0.1) is 11.8 Å². The number of nitrogens with one attached hydrogen (secondary N) is 1. The third-order valence-electron chi connectivity index (χ3n) is 3.45. The number of anilines is 1. The first-order valence-electron chi connectivity index (χ1n) is 7.45. The van der Waals surface area contributed by atoms with E-state index >= 15 is 0 Å². The molecule has 0 spiro atoms. The lowest BCUT2D eigenvalue weighted by Crippen LogP contribution is -2.23. The number of benzene rings is 1. The van der Waals surface area contributed by atoms with Crippen molar-refractivity contribution >= 4 is 17.7 Å². The molecule has 1 aromatic heterocycles. The molecule has 2 heterocycles. The third-order valence-corrected chi connectivity index (χ3v) is 3.45. The van der Waals surface area contributed by atoms with Crippen LogP contribution in [0.5, 0.6) is 0 Å². The van der Waals surface area contributed by atoms with Crippen molar-refractivity contribution in [3.05, 3.63) is 59.9 Å². The molecule has 1 aromatic carbocycles. The fourth-order valence-electron chi connectivity index (χ4n) is 2.23. The second-order valence-corrected chi connectivity index (χ2v) is 5.03. The van der Waals surface area contributed by atoms with Gasteiger partial charge < -0.3 is 10.1 Å². The maximum atomic E-state index is 11.8. The molecule has 6 heteroatoms. The molecule has 2 amide bonds. The molecule has 1 aliphatic rings. The summed E-state index contributed by atoms with van der Waals surface area (Å²) in [5.74, 6) is 5.68. The van der Waals surface area contributed by atoms with Gasteiger partial charge in [-0.15, -0.1) is 0 Å². The molecule has 1 saturated heterocycles. The molecule has 0 unspecified atom stereocenters. The van der Waals surface area contributed by atoms with Crippen molar-refractivity contribution in [1.29, 1.82) is 0 Å². The van der Waals surface area contributed by atoms with E-state index in [0.29, 0.717) is 18.7 Å². The molecule has 120 valence electrons. The van der Waals surface area contributed by atoms with E-state index in [1.165, 1.54) is 0 Å². The number of rotatable bonds is 3. The van der Waals surface area contributed by atoms with Crippen molar-refractivity contribution in [2.24, 2.45) is 0 Å². The summed E-state index contributed by atoms with van der Waals surface area (Å²) < 4.78 is 4.90. The Hall–Kier alpha value is -3.33. The van der Waals surface area contributed by atoms with E-state index in [2.05, 4.69) is 22.1 Å². The third kappa shape index (κ3) is 3.70. The number of pyridine rings is 1. The van der Waals surface area contributed by atoms with Crippen LogP contribution < -0.4 is 10.2 Å². The molecule has 0 atom stereocenters. The number of carbonyl (C=O) groups is 2. The number of ether oxygens (including phenoxy) is 1. The maximum Gasteiger partial charge on any atom is 0.414 e. The minimum atomic E-state index is -0.326. The summed E-state index contributed by atoms with van der Waals surface area (Å²) in [5.41, 5.74) is 2.15. The number of hydrogen-bond donors (Lipinski definition) is 1. The fraction of sp³-hybridized carbons (Fsp3) is 0.167. The number of hydrogen-bond acceptors (Lipinski definition) is 4. The second-order valence-electron chi connectivity index (χ2n) is 5.03. The van der Waals surface area contributed by atoms with Crippen LogP contribution in [0.15, 0.2) is 48.8 Å². The molecule has 1 aliphatic heterocycles. The maximum absolute atomic E-state index is 11.8. The van der Waals surface area contributed by atoms with Gasteiger partial charge in [-0.1, -0.05) is 11.8 Å². The monoisotopic (exact) mass is 321 g/mol. The van der Waals surface area contributed by atoms with Gasteiger partial charge in [0.15, 0.2) is 0 Å². The van der Waals surface area contributed by atoms with Crippen molar-refractivity contribution in [1.82, 2.24) is 10.3 Å². The van der Waals surface area contributed by atoms with Gasteiger partial charge in [-0.05, 0) is 36.4 Å². The van der Waals surface area contributed by atoms with E-state index in [-0.39, 0.29) is 18.5 Å². The largest absolute Gasteiger partial charge is 0.447 e. The van der Waals surface area contributed by atoms with Crippen molar-refractivity contribution in [2.75, 3.05) is 24.6 Å². The summed E-state index contributed by atoms with van der Waals surface area (Å²) >= 11 is 0. The number of amides is 2. The Morgan fingerprint density at radius 2 is 1.96 bits per heavy atom. The van der Waals surface area contributed by atoms with Crippen LogP contribution in [-0.4, -0.2) is 36.7 Å². The van der Waals surface area contributed by atoms with Crippen LogP contribution >= 0.6 is 0 Å². The highest BCUT2D eigenvalue weighted by atomic mass is 16.6. The Morgan fingerprint density at radius 3 is 2.62 bits per heavy atom. The fourth-order valence-corrected chi connectivity index (χ4v) is 2.23. The van der Waals surface area contributed by atoms with Crippen LogP contribution in [-0.2, 0) is 4.74 Å². The molecule has 0 bridgehead atoms. The highest BCUT2D eigenvalue weighted by Crippen LogP contribution is 2.18. The van der Waals surface area contributed by atoms with Crippen LogP contribution in [0.4, 0.5) is 10.5 Å². The minimum absolute atomic E-state index is 0.186. The first-order valence-corrected chi connectivity index (χ1v) is 7.45. The molecule has 0 saturated carbocycles. The quantitative estimate of drug-likeness (QED) is 0.875. The first kappa shape index (κ1) is 15.6. The van der Waals surface area contributed by atoms with Gasteiger partial charge >= 0.3 is 6.09 Å². The predicted octanol–water partition coefficient (Wildman–Crippen LogP) is 1.82. The van der Waals surface area contributed by atoms with Gasteiger partial charge in [0, 0.05) is 29.2 Å². The molecule has 24 heavy (non-hydrogen) atoms. The summed E-state index contributed by atoms with van der Waals surface area (Å²) in [4.78, 5) is 28.7. The zero-order valence-corrected chi connectivity index (χ0v) is 12.9. The summed E-state index contributed by atoms with van der Waals surface area (Å²) in [6, 6.07) is 10.6. The van der Waals surface area contributed by atoms with Crippen molar-refractivity contribution in [3.8, 4) is 11.8 Å². The van der Waals surface area contributed by atoms with Crippen LogP contribution in [0.2, 0.25) is 0 Å². The van der Waals surface area contributed by atoms with Crippen molar-refractivity contribution in [2.45, 2.75) is 0 Å². The summed E-state index contributed by atoms with van der Waals surface area (Å²) in [7, 11) is 0. The van der Waals surface area contributed by atoms with Gasteiger partial charge in [0.2, 0.25) is 0 Å². The van der Waals surface area contributed by atoms with E-state index in [1.807, 2.05) is 24.3 Å². The predicted molar refractivity (Wildman–Crippen MR) is 88.6 cm³/mol. The highest BCUT2D eigenvalue weighted by Gasteiger charge is 2.23. The van der Waals surface area contributed by atoms with Gasteiger partial charge in [0.1, 0.15) is 6.61 Å². The Bertz CT molecular complexity index is 792. The molecule has 3 rings (SSSR count). The lowest BCUT2D eigenvalue weighted by atomic mass is 10.2. The average Bonchev–Trinajstić information content (AvgIpc) is 3.06. The molecule has 0 radical (unpaired) electrons. The second kappa shape index (κ2) is 7.29.